The summed E-state index contributed by atoms with van der Waals surface area (Å²) in [4.78, 5) is 23.6. The van der Waals surface area contributed by atoms with Crippen LogP contribution in [-0.4, -0.2) is 17.0 Å². The number of thiophene rings is 1. The van der Waals surface area contributed by atoms with Gasteiger partial charge in [0.15, 0.2) is 0 Å². The number of carbonyl (C=O) groups is 2. The maximum atomic E-state index is 12.0. The number of amides is 1. The van der Waals surface area contributed by atoms with E-state index in [1.54, 1.807) is 5.38 Å². The first-order chi connectivity index (χ1) is 11.0. The van der Waals surface area contributed by atoms with Gasteiger partial charge in [-0.15, -0.1) is 11.3 Å². The van der Waals surface area contributed by atoms with E-state index in [9.17, 15) is 14.7 Å². The lowest BCUT2D eigenvalue weighted by molar-refractivity contribution is -0.116. The van der Waals surface area contributed by atoms with E-state index >= 15 is 0 Å². The third kappa shape index (κ3) is 4.42. The van der Waals surface area contributed by atoms with Gasteiger partial charge in [0, 0.05) is 17.4 Å². The van der Waals surface area contributed by atoms with Gasteiger partial charge in [-0.25, -0.2) is 4.79 Å². The van der Waals surface area contributed by atoms with E-state index in [1.807, 2.05) is 31.2 Å². The lowest BCUT2D eigenvalue weighted by Gasteiger charge is -2.06. The number of aromatic carboxylic acids is 1. The summed E-state index contributed by atoms with van der Waals surface area (Å²) in [7, 11) is 0. The molecule has 0 bridgehead atoms. The molecule has 4 nitrogen and oxygen atoms in total. The lowest BCUT2D eigenvalue weighted by Crippen LogP contribution is -2.12. The molecular formula is C18H21NO3S. The van der Waals surface area contributed by atoms with Gasteiger partial charge in [0.05, 0.1) is 0 Å². The van der Waals surface area contributed by atoms with Crippen LogP contribution in [0.3, 0.4) is 0 Å². The molecule has 1 aromatic heterocycles. The van der Waals surface area contributed by atoms with Crippen LogP contribution in [0.25, 0.3) is 11.1 Å². The zero-order valence-corrected chi connectivity index (χ0v) is 14.2. The molecule has 0 unspecified atom stereocenters. The number of aryl methyl sites for hydroxylation is 1. The third-order valence-corrected chi connectivity index (χ3v) is 4.52. The van der Waals surface area contributed by atoms with Gasteiger partial charge >= 0.3 is 5.97 Å². The number of rotatable bonds is 7. The molecule has 0 aliphatic rings. The summed E-state index contributed by atoms with van der Waals surface area (Å²) >= 11 is 1.26. The second kappa shape index (κ2) is 7.92. The summed E-state index contributed by atoms with van der Waals surface area (Å²) in [6.07, 6.45) is 3.29. The van der Waals surface area contributed by atoms with Crippen LogP contribution in [0.15, 0.2) is 29.6 Å². The molecule has 0 aliphatic carbocycles. The first kappa shape index (κ1) is 17.2. The van der Waals surface area contributed by atoms with Crippen molar-refractivity contribution in [1.29, 1.82) is 0 Å². The largest absolute Gasteiger partial charge is 0.478 e. The van der Waals surface area contributed by atoms with Crippen molar-refractivity contribution in [2.45, 2.75) is 39.5 Å². The minimum absolute atomic E-state index is 0.127. The van der Waals surface area contributed by atoms with E-state index in [4.69, 9.17) is 0 Å². The first-order valence-electron chi connectivity index (χ1n) is 7.74. The highest BCUT2D eigenvalue weighted by Gasteiger charge is 2.20. The van der Waals surface area contributed by atoms with Gasteiger partial charge in [-0.3, -0.25) is 4.79 Å². The molecule has 1 amide bonds. The molecule has 0 atom stereocenters. The van der Waals surface area contributed by atoms with Crippen molar-refractivity contribution in [3.05, 3.63) is 40.8 Å². The van der Waals surface area contributed by atoms with E-state index in [0.717, 1.165) is 30.4 Å². The van der Waals surface area contributed by atoms with Crippen molar-refractivity contribution in [3.63, 3.8) is 0 Å². The highest BCUT2D eigenvalue weighted by Crippen LogP contribution is 2.35. The Balaban J connectivity index is 2.23. The normalized spacial score (nSPS) is 10.5. The molecule has 1 heterocycles. The molecule has 1 aromatic carbocycles. The molecule has 2 rings (SSSR count). The zero-order valence-electron chi connectivity index (χ0n) is 13.4. The number of carboxylic acids is 1. The van der Waals surface area contributed by atoms with Crippen LogP contribution in [0.4, 0.5) is 5.00 Å². The van der Waals surface area contributed by atoms with E-state index < -0.39 is 5.97 Å². The highest BCUT2D eigenvalue weighted by molar-refractivity contribution is 7.15. The van der Waals surface area contributed by atoms with Crippen molar-refractivity contribution >= 4 is 28.2 Å². The lowest BCUT2D eigenvalue weighted by atomic mass is 10.0. The van der Waals surface area contributed by atoms with E-state index in [2.05, 4.69) is 12.2 Å². The Morgan fingerprint density at radius 1 is 1.17 bits per heavy atom. The number of anilines is 1. The Morgan fingerprint density at radius 3 is 2.48 bits per heavy atom. The molecule has 23 heavy (non-hydrogen) atoms. The second-order valence-corrected chi connectivity index (χ2v) is 6.41. The van der Waals surface area contributed by atoms with Crippen LogP contribution in [0.1, 0.15) is 48.5 Å². The SMILES string of the molecule is CCCCCC(=O)Nc1scc(-c2ccc(C)cc2)c1C(=O)O. The van der Waals surface area contributed by atoms with Gasteiger partial charge in [-0.05, 0) is 18.9 Å². The van der Waals surface area contributed by atoms with Gasteiger partial charge in [0.25, 0.3) is 0 Å². The minimum Gasteiger partial charge on any atom is -0.478 e. The predicted molar refractivity (Wildman–Crippen MR) is 94.2 cm³/mol. The summed E-state index contributed by atoms with van der Waals surface area (Å²) < 4.78 is 0. The fraction of sp³-hybridized carbons (Fsp3) is 0.333. The van der Waals surface area contributed by atoms with Crippen LogP contribution in [0.5, 0.6) is 0 Å². The smallest absolute Gasteiger partial charge is 0.339 e. The van der Waals surface area contributed by atoms with E-state index in [1.165, 1.54) is 11.3 Å². The third-order valence-electron chi connectivity index (χ3n) is 3.63. The second-order valence-electron chi connectivity index (χ2n) is 5.53. The van der Waals surface area contributed by atoms with Gasteiger partial charge in [-0.1, -0.05) is 49.6 Å². The Hall–Kier alpha value is -2.14. The minimum atomic E-state index is -1.02. The van der Waals surface area contributed by atoms with Crippen LogP contribution >= 0.6 is 11.3 Å². The molecule has 0 spiro atoms. The van der Waals surface area contributed by atoms with E-state index in [0.29, 0.717) is 17.0 Å². The topological polar surface area (TPSA) is 66.4 Å². The molecule has 0 aliphatic heterocycles. The molecule has 0 radical (unpaired) electrons. The summed E-state index contributed by atoms with van der Waals surface area (Å²) in [5.41, 5.74) is 2.77. The molecule has 0 saturated carbocycles. The molecular weight excluding hydrogens is 310 g/mol. The van der Waals surface area contributed by atoms with Crippen LogP contribution in [-0.2, 0) is 4.79 Å². The van der Waals surface area contributed by atoms with Crippen molar-refractivity contribution in [2.75, 3.05) is 5.32 Å². The molecule has 0 fully saturated rings. The number of carbonyl (C=O) groups excluding carboxylic acids is 1. The number of benzene rings is 1. The maximum absolute atomic E-state index is 12.0. The Morgan fingerprint density at radius 2 is 1.87 bits per heavy atom. The van der Waals surface area contributed by atoms with Gasteiger partial charge in [0.1, 0.15) is 10.6 Å². The first-order valence-corrected chi connectivity index (χ1v) is 8.62. The number of carboxylic acid groups (broad SMARTS) is 1. The monoisotopic (exact) mass is 331 g/mol. The molecule has 2 N–H and O–H groups in total. The number of unbranched alkanes of at least 4 members (excludes halogenated alkanes) is 2. The summed E-state index contributed by atoms with van der Waals surface area (Å²) in [5, 5.41) is 14.5. The Bertz CT molecular complexity index is 689. The number of nitrogens with one attached hydrogen (secondary N) is 1. The van der Waals surface area contributed by atoms with Gasteiger partial charge in [-0.2, -0.15) is 0 Å². The molecule has 5 heteroatoms. The van der Waals surface area contributed by atoms with Gasteiger partial charge in [0.2, 0.25) is 5.91 Å². The van der Waals surface area contributed by atoms with Crippen LogP contribution < -0.4 is 5.32 Å². The molecule has 2 aromatic rings. The highest BCUT2D eigenvalue weighted by atomic mass is 32.1. The number of hydrogen-bond acceptors (Lipinski definition) is 3. The van der Waals surface area contributed by atoms with E-state index in [-0.39, 0.29) is 11.5 Å². The van der Waals surface area contributed by atoms with Crippen LogP contribution in [0, 0.1) is 6.92 Å². The quantitative estimate of drug-likeness (QED) is 0.706. The molecule has 0 saturated heterocycles. The van der Waals surface area contributed by atoms with Crippen molar-refractivity contribution < 1.29 is 14.7 Å². The summed E-state index contributed by atoms with van der Waals surface area (Å²) in [6, 6.07) is 7.69. The average Bonchev–Trinajstić information content (AvgIpc) is 2.92. The summed E-state index contributed by atoms with van der Waals surface area (Å²) in [5.74, 6) is -1.15. The van der Waals surface area contributed by atoms with Crippen LogP contribution in [0.2, 0.25) is 0 Å². The maximum Gasteiger partial charge on any atom is 0.339 e. The fourth-order valence-electron chi connectivity index (χ4n) is 2.33. The average molecular weight is 331 g/mol. The number of hydrogen-bond donors (Lipinski definition) is 2. The molecule has 122 valence electrons. The van der Waals surface area contributed by atoms with Gasteiger partial charge < -0.3 is 10.4 Å². The zero-order chi connectivity index (χ0) is 16.8. The Kier molecular flexibility index (Phi) is 5.93. The van der Waals surface area contributed by atoms with Crippen molar-refractivity contribution in [1.82, 2.24) is 0 Å². The Labute approximate surface area is 140 Å². The van der Waals surface area contributed by atoms with Crippen molar-refractivity contribution in [3.8, 4) is 11.1 Å². The van der Waals surface area contributed by atoms with Crippen molar-refractivity contribution in [2.24, 2.45) is 0 Å². The standard InChI is InChI=1S/C18H21NO3S/c1-3-4-5-6-15(20)19-17-16(18(21)22)14(11-23-17)13-9-7-12(2)8-10-13/h7-11H,3-6H2,1-2H3,(H,19,20)(H,21,22). The summed E-state index contributed by atoms with van der Waals surface area (Å²) in [6.45, 7) is 4.06. The predicted octanol–water partition coefficient (Wildman–Crippen LogP) is 4.94. The fourth-order valence-corrected chi connectivity index (χ4v) is 3.31.